The normalized spacial score (nSPS) is 26.1. The number of unbranched alkanes of at least 4 members (excludes halogenated alkanes) is 1. The average molecular weight is 299 g/mol. The summed E-state index contributed by atoms with van der Waals surface area (Å²) < 4.78 is 7.65. The Labute approximate surface area is 123 Å². The molecule has 7 heteroatoms. The quantitative estimate of drug-likeness (QED) is 0.707. The average Bonchev–Trinajstić information content (AvgIpc) is 2.79. The first-order valence-corrected chi connectivity index (χ1v) is 7.29. The van der Waals surface area contributed by atoms with Crippen LogP contribution in [0.4, 0.5) is 5.82 Å². The van der Waals surface area contributed by atoms with Crippen LogP contribution in [0, 0.1) is 4.77 Å². The van der Waals surface area contributed by atoms with Gasteiger partial charge in [0.25, 0.3) is 0 Å². The van der Waals surface area contributed by atoms with Crippen molar-refractivity contribution in [3.8, 4) is 0 Å². The van der Waals surface area contributed by atoms with Crippen LogP contribution in [0.1, 0.15) is 38.0 Å². The predicted octanol–water partition coefficient (Wildman–Crippen LogP) is 1.18. The highest BCUT2D eigenvalue weighted by atomic mass is 32.1. The molecule has 0 amide bonds. The van der Waals surface area contributed by atoms with Gasteiger partial charge in [0.2, 0.25) is 4.77 Å². The lowest BCUT2D eigenvalue weighted by molar-refractivity contribution is -0.0453. The van der Waals surface area contributed by atoms with Crippen LogP contribution in [0.25, 0.3) is 0 Å². The third-order valence-corrected chi connectivity index (χ3v) is 3.86. The van der Waals surface area contributed by atoms with Crippen molar-refractivity contribution >= 4 is 18.0 Å². The highest BCUT2D eigenvalue weighted by molar-refractivity contribution is 7.71. The van der Waals surface area contributed by atoms with E-state index in [4.69, 9.17) is 27.8 Å². The molecule has 112 valence electrons. The molecule has 4 N–H and O–H groups in total. The van der Waals surface area contributed by atoms with Gasteiger partial charge in [-0.1, -0.05) is 13.3 Å². The molecule has 1 aromatic heterocycles. The molecule has 20 heavy (non-hydrogen) atoms. The number of hydrogen-bond acceptors (Lipinski definition) is 6. The number of rotatable bonds is 5. The molecule has 6 nitrogen and oxygen atoms in total. The summed E-state index contributed by atoms with van der Waals surface area (Å²) >= 11 is 5.21. The van der Waals surface area contributed by atoms with Crippen LogP contribution in [0.5, 0.6) is 0 Å². The molecular weight excluding hydrogens is 278 g/mol. The minimum Gasteiger partial charge on any atom is -0.394 e. The number of anilines is 1. The van der Waals surface area contributed by atoms with Crippen molar-refractivity contribution in [1.29, 1.82) is 0 Å². The smallest absolute Gasteiger partial charge is 0.203 e. The fourth-order valence-electron chi connectivity index (χ4n) is 2.34. The van der Waals surface area contributed by atoms with Gasteiger partial charge >= 0.3 is 0 Å². The molecule has 0 unspecified atom stereocenters. The number of nitrogens with zero attached hydrogens (tertiary/aromatic N) is 2. The maximum absolute atomic E-state index is 9.80. The van der Waals surface area contributed by atoms with Gasteiger partial charge in [-0.2, -0.15) is 0 Å². The van der Waals surface area contributed by atoms with Gasteiger partial charge in [-0.05, 0) is 25.1 Å². The van der Waals surface area contributed by atoms with E-state index in [0.29, 0.717) is 17.0 Å². The number of aliphatic hydroxyl groups excluding tert-OH is 2. The third kappa shape index (κ3) is 3.17. The molecule has 1 aliphatic heterocycles. The monoisotopic (exact) mass is 299 g/mol. The SMILES string of the molecule is CCCCc1cn([C@H]2C[C@H](O)[C@@H](CO)O2)c(=S)nc1N. The van der Waals surface area contributed by atoms with E-state index in [1.54, 1.807) is 4.57 Å². The van der Waals surface area contributed by atoms with E-state index in [0.717, 1.165) is 24.8 Å². The Bertz CT molecular complexity index is 520. The lowest BCUT2D eigenvalue weighted by Crippen LogP contribution is -2.24. The number of ether oxygens (including phenoxy) is 1. The minimum atomic E-state index is -0.691. The molecule has 1 saturated heterocycles. The van der Waals surface area contributed by atoms with Crippen molar-refractivity contribution in [1.82, 2.24) is 9.55 Å². The molecule has 1 aromatic rings. The van der Waals surface area contributed by atoms with Crippen molar-refractivity contribution in [3.05, 3.63) is 16.5 Å². The molecule has 1 fully saturated rings. The molecule has 0 radical (unpaired) electrons. The van der Waals surface area contributed by atoms with Gasteiger partial charge in [0.05, 0.1) is 12.7 Å². The van der Waals surface area contributed by atoms with Gasteiger partial charge in [0.15, 0.2) is 0 Å². The highest BCUT2D eigenvalue weighted by Gasteiger charge is 2.34. The number of hydrogen-bond donors (Lipinski definition) is 3. The summed E-state index contributed by atoms with van der Waals surface area (Å²) in [4.78, 5) is 4.18. The Morgan fingerprint density at radius 2 is 2.35 bits per heavy atom. The van der Waals surface area contributed by atoms with Crippen molar-refractivity contribution in [3.63, 3.8) is 0 Å². The Kier molecular flexibility index (Phi) is 5.09. The topological polar surface area (TPSA) is 93.5 Å². The van der Waals surface area contributed by atoms with Crippen LogP contribution in [-0.2, 0) is 11.2 Å². The number of nitrogens with two attached hydrogens (primary N) is 1. The van der Waals surface area contributed by atoms with Crippen LogP contribution in [0.2, 0.25) is 0 Å². The van der Waals surface area contributed by atoms with Gasteiger partial charge in [-0.25, -0.2) is 4.98 Å². The standard InChI is InChI=1S/C13H21N3O3S/c1-2-3-4-8-6-16(13(20)15-12(8)14)11-5-9(18)10(7-17)19-11/h6,9-11,17-18H,2-5,7H2,1H3,(H2,14,15,20)/t9-,10+,11+/m0/s1. The zero-order valence-corrected chi connectivity index (χ0v) is 12.3. The van der Waals surface area contributed by atoms with Crippen molar-refractivity contribution in [2.45, 2.75) is 51.0 Å². The predicted molar refractivity (Wildman–Crippen MR) is 77.7 cm³/mol. The molecule has 2 rings (SSSR count). The third-order valence-electron chi connectivity index (χ3n) is 3.55. The van der Waals surface area contributed by atoms with Gasteiger partial charge in [-0.15, -0.1) is 0 Å². The van der Waals surface area contributed by atoms with Crippen LogP contribution in [-0.4, -0.2) is 38.6 Å². The van der Waals surface area contributed by atoms with Crippen LogP contribution < -0.4 is 5.73 Å². The first-order valence-electron chi connectivity index (χ1n) is 6.88. The summed E-state index contributed by atoms with van der Waals surface area (Å²) in [5.74, 6) is 0.456. The molecule has 0 saturated carbocycles. The summed E-state index contributed by atoms with van der Waals surface area (Å²) in [7, 11) is 0. The molecular formula is C13H21N3O3S. The zero-order valence-electron chi connectivity index (χ0n) is 11.5. The van der Waals surface area contributed by atoms with Gasteiger partial charge in [0, 0.05) is 18.2 Å². The lowest BCUT2D eigenvalue weighted by atomic mass is 10.1. The summed E-state index contributed by atoms with van der Waals surface area (Å²) in [6.07, 6.45) is 3.51. The summed E-state index contributed by atoms with van der Waals surface area (Å²) in [6.45, 7) is 1.90. The fraction of sp³-hybridized carbons (Fsp3) is 0.692. The van der Waals surface area contributed by atoms with Crippen LogP contribution in [0.3, 0.4) is 0 Å². The summed E-state index contributed by atoms with van der Waals surface area (Å²) in [6, 6.07) is 0. The molecule has 0 spiro atoms. The first kappa shape index (κ1) is 15.4. The van der Waals surface area contributed by atoms with E-state index in [1.807, 2.05) is 6.20 Å². The summed E-state index contributed by atoms with van der Waals surface area (Å²) in [5, 5.41) is 18.9. The second-order valence-corrected chi connectivity index (χ2v) is 5.42. The van der Waals surface area contributed by atoms with Gasteiger partial charge in [0.1, 0.15) is 18.1 Å². The van der Waals surface area contributed by atoms with Gasteiger partial charge < -0.3 is 20.7 Å². The minimum absolute atomic E-state index is 0.212. The Hall–Kier alpha value is -1.02. The van der Waals surface area contributed by atoms with E-state index in [9.17, 15) is 5.11 Å². The molecule has 3 atom stereocenters. The Morgan fingerprint density at radius 3 is 2.95 bits per heavy atom. The first-order chi connectivity index (χ1) is 9.56. The van der Waals surface area contributed by atoms with E-state index in [2.05, 4.69) is 11.9 Å². The van der Waals surface area contributed by atoms with E-state index in [1.165, 1.54) is 0 Å². The summed E-state index contributed by atoms with van der Waals surface area (Å²) in [5.41, 5.74) is 6.83. The van der Waals surface area contributed by atoms with Crippen molar-refractivity contribution in [2.75, 3.05) is 12.3 Å². The van der Waals surface area contributed by atoms with Crippen LogP contribution in [0.15, 0.2) is 6.20 Å². The molecule has 0 aliphatic carbocycles. The molecule has 1 aliphatic rings. The van der Waals surface area contributed by atoms with E-state index in [-0.39, 0.29) is 6.61 Å². The van der Waals surface area contributed by atoms with E-state index >= 15 is 0 Å². The number of nitrogen functional groups attached to an aromatic ring is 1. The lowest BCUT2D eigenvalue weighted by Gasteiger charge is -2.17. The van der Waals surface area contributed by atoms with Crippen molar-refractivity contribution in [2.24, 2.45) is 0 Å². The Morgan fingerprint density at radius 1 is 1.60 bits per heavy atom. The maximum atomic E-state index is 9.80. The van der Waals surface area contributed by atoms with Crippen LogP contribution >= 0.6 is 12.2 Å². The molecule has 2 heterocycles. The maximum Gasteiger partial charge on any atom is 0.203 e. The number of aliphatic hydroxyl groups is 2. The Balaban J connectivity index is 2.25. The molecule has 0 aromatic carbocycles. The number of aryl methyl sites for hydroxylation is 1. The second-order valence-electron chi connectivity index (χ2n) is 5.06. The largest absolute Gasteiger partial charge is 0.394 e. The van der Waals surface area contributed by atoms with E-state index < -0.39 is 18.4 Å². The van der Waals surface area contributed by atoms with Crippen molar-refractivity contribution < 1.29 is 14.9 Å². The highest BCUT2D eigenvalue weighted by Crippen LogP contribution is 2.29. The second kappa shape index (κ2) is 6.62. The molecule has 0 bridgehead atoms. The zero-order chi connectivity index (χ0) is 14.7. The number of aromatic nitrogens is 2. The fourth-order valence-corrected chi connectivity index (χ4v) is 2.61. The van der Waals surface area contributed by atoms with Gasteiger partial charge in [-0.3, -0.25) is 4.57 Å².